The predicted octanol–water partition coefficient (Wildman–Crippen LogP) is 5.07. The zero-order chi connectivity index (χ0) is 20.2. The number of halogens is 1. The number of hydrogen-bond acceptors (Lipinski definition) is 2. The fraction of sp³-hybridized carbons (Fsp3) is 0. The van der Waals surface area contributed by atoms with E-state index < -0.39 is 0 Å². The summed E-state index contributed by atoms with van der Waals surface area (Å²) in [6.45, 7) is 0. The fourth-order valence-electron chi connectivity index (χ4n) is 3.06. The van der Waals surface area contributed by atoms with E-state index in [1.54, 1.807) is 12.1 Å². The molecule has 3 nitrogen and oxygen atoms in total. The second kappa shape index (κ2) is 8.62. The van der Waals surface area contributed by atoms with Gasteiger partial charge in [0.2, 0.25) is 0 Å². The molecule has 0 radical (unpaired) electrons. The molecule has 4 aromatic rings. The van der Waals surface area contributed by atoms with Crippen molar-refractivity contribution in [1.82, 2.24) is 0 Å². The summed E-state index contributed by atoms with van der Waals surface area (Å²) in [5.41, 5.74) is 1.97. The van der Waals surface area contributed by atoms with Crippen LogP contribution >= 0.6 is 11.6 Å². The topological polar surface area (TPSA) is 33.0 Å². The van der Waals surface area contributed by atoms with Crippen LogP contribution in [-0.2, 0) is 0 Å². The molecule has 0 atom stereocenters. The normalized spacial score (nSPS) is 11.8. The average molecular weight is 464 g/mol. The molecule has 0 saturated carbocycles. The summed E-state index contributed by atoms with van der Waals surface area (Å²) in [6, 6.07) is 26.7. The van der Waals surface area contributed by atoms with Crippen molar-refractivity contribution >= 4 is 55.6 Å². The summed E-state index contributed by atoms with van der Waals surface area (Å²) in [7, 11) is 0. The van der Waals surface area contributed by atoms with E-state index >= 15 is 0 Å². The van der Waals surface area contributed by atoms with Crippen LogP contribution in [0.15, 0.2) is 102 Å². The van der Waals surface area contributed by atoms with E-state index in [0.717, 1.165) is 16.5 Å². The Morgan fingerprint density at radius 1 is 0.828 bits per heavy atom. The number of pyridine rings is 1. The van der Waals surface area contributed by atoms with Gasteiger partial charge in [0.15, 0.2) is 0 Å². The molecule has 0 aliphatic carbocycles. The molecular weight excluding hydrogens is 447 g/mol. The van der Waals surface area contributed by atoms with Gasteiger partial charge in [0.1, 0.15) is 0 Å². The number of nitrogens with one attached hydrogen (secondary N) is 1. The van der Waals surface area contributed by atoms with Gasteiger partial charge in [-0.1, -0.05) is 0 Å². The molecule has 5 heteroatoms. The molecule has 0 saturated heterocycles. The first-order valence-electron chi connectivity index (χ1n) is 9.06. The Morgan fingerprint density at radius 2 is 1.48 bits per heavy atom. The number of carbonyl (C=O) groups is 1. The molecular formula is C24H17ClN2OSe. The molecule has 0 spiro atoms. The number of hydrogen-bond donors (Lipinski definition) is 1. The van der Waals surface area contributed by atoms with Crippen LogP contribution in [0.1, 0.15) is 10.4 Å². The van der Waals surface area contributed by atoms with Crippen molar-refractivity contribution in [3.8, 4) is 0 Å². The minimum absolute atomic E-state index is 0.0823. The van der Waals surface area contributed by atoms with Crippen molar-refractivity contribution in [1.29, 1.82) is 0 Å². The zero-order valence-corrected chi connectivity index (χ0v) is 17.8. The molecule has 29 heavy (non-hydrogen) atoms. The number of benzene rings is 3. The molecule has 0 aliphatic rings. The van der Waals surface area contributed by atoms with Gasteiger partial charge in [0.05, 0.1) is 0 Å². The van der Waals surface area contributed by atoms with Crippen LogP contribution in [0.2, 0.25) is 5.02 Å². The van der Waals surface area contributed by atoms with E-state index in [-0.39, 0.29) is 5.78 Å². The second-order valence-corrected chi connectivity index (χ2v) is 7.78. The van der Waals surface area contributed by atoms with E-state index in [2.05, 4.69) is 21.3 Å². The van der Waals surface area contributed by atoms with E-state index in [0.29, 0.717) is 20.9 Å². The van der Waals surface area contributed by atoms with Crippen LogP contribution in [0.5, 0.6) is 0 Å². The van der Waals surface area contributed by atoms with E-state index in [1.807, 2.05) is 89.8 Å². The number of ketones is 1. The number of rotatable bonds is 5. The molecule has 0 unspecified atom stereocenters. The molecule has 142 valence electrons. The van der Waals surface area contributed by atoms with Gasteiger partial charge in [-0.3, -0.25) is 0 Å². The number of nitrogens with zero attached hydrogens (tertiary/aromatic N) is 1. The Kier molecular flexibility index (Phi) is 5.77. The molecule has 1 N–H and O–H groups in total. The van der Waals surface area contributed by atoms with Crippen LogP contribution in [0, 0.1) is 0 Å². The number of Topliss-reactive ketones (excluding diaryl/α,β-unsaturated/α-hetero) is 1. The number of aromatic nitrogens is 1. The number of anilines is 1. The zero-order valence-electron chi connectivity index (χ0n) is 15.4. The second-order valence-electron chi connectivity index (χ2n) is 6.49. The first-order valence-corrected chi connectivity index (χ1v) is 10.3. The summed E-state index contributed by atoms with van der Waals surface area (Å²) < 4.78 is 2.48. The Balaban J connectivity index is 1.83. The minimum atomic E-state index is -0.0823. The summed E-state index contributed by atoms with van der Waals surface area (Å²) in [4.78, 5) is 13.4. The van der Waals surface area contributed by atoms with E-state index in [9.17, 15) is 4.79 Å². The van der Waals surface area contributed by atoms with Crippen molar-refractivity contribution in [3.63, 3.8) is 0 Å². The van der Waals surface area contributed by atoms with Crippen molar-refractivity contribution in [3.05, 3.63) is 113 Å². The first kappa shape index (κ1) is 19.4. The summed E-state index contributed by atoms with van der Waals surface area (Å²) in [5, 5.41) is 6.11. The molecule has 4 rings (SSSR count). The van der Waals surface area contributed by atoms with Gasteiger partial charge >= 0.3 is 183 Å². The van der Waals surface area contributed by atoms with Crippen molar-refractivity contribution < 1.29 is 9.36 Å². The maximum absolute atomic E-state index is 13.4. The molecule has 3 aromatic carbocycles. The quantitative estimate of drug-likeness (QED) is 0.194. The third-order valence-electron chi connectivity index (χ3n) is 4.52. The summed E-state index contributed by atoms with van der Waals surface area (Å²) in [5.74, 6) is -0.0823. The van der Waals surface area contributed by atoms with Gasteiger partial charge < -0.3 is 0 Å². The molecule has 1 aromatic heterocycles. The Bertz CT molecular complexity index is 1200. The van der Waals surface area contributed by atoms with Gasteiger partial charge in [-0.2, -0.15) is 0 Å². The fourth-order valence-corrected chi connectivity index (χ4v) is 3.85. The summed E-state index contributed by atoms with van der Waals surface area (Å²) >= 11 is 9.02. The SMILES string of the molecule is O=C(/C(=C(/[Se-])Nc1ccc(Cl)cc1)[n+]1ccc2ccccc2c1)c1ccccc1. The third-order valence-corrected chi connectivity index (χ3v) is 5.39. The van der Waals surface area contributed by atoms with Crippen molar-refractivity contribution in [2.45, 2.75) is 0 Å². The van der Waals surface area contributed by atoms with E-state index in [4.69, 9.17) is 11.6 Å². The third kappa shape index (κ3) is 4.41. The predicted molar refractivity (Wildman–Crippen MR) is 119 cm³/mol. The first-order chi connectivity index (χ1) is 14.1. The molecule has 1 heterocycles. The van der Waals surface area contributed by atoms with Gasteiger partial charge in [0, 0.05) is 0 Å². The van der Waals surface area contributed by atoms with E-state index in [1.165, 1.54) is 0 Å². The van der Waals surface area contributed by atoms with Crippen LogP contribution in [0.25, 0.3) is 16.5 Å². The van der Waals surface area contributed by atoms with Crippen molar-refractivity contribution in [2.24, 2.45) is 0 Å². The van der Waals surface area contributed by atoms with Crippen molar-refractivity contribution in [2.75, 3.05) is 5.32 Å². The molecule has 0 fully saturated rings. The number of carbonyl (C=O) groups excluding carboxylic acids is 1. The van der Waals surface area contributed by atoms with Gasteiger partial charge in [0.25, 0.3) is 0 Å². The Labute approximate surface area is 182 Å². The van der Waals surface area contributed by atoms with Gasteiger partial charge in [-0.15, -0.1) is 0 Å². The monoisotopic (exact) mass is 464 g/mol. The van der Waals surface area contributed by atoms with Gasteiger partial charge in [-0.05, 0) is 0 Å². The summed E-state index contributed by atoms with van der Waals surface area (Å²) in [6.07, 6.45) is 3.87. The van der Waals surface area contributed by atoms with Gasteiger partial charge in [-0.25, -0.2) is 0 Å². The van der Waals surface area contributed by atoms with Crippen LogP contribution in [-0.4, -0.2) is 21.8 Å². The maximum atomic E-state index is 13.4. The van der Waals surface area contributed by atoms with Crippen LogP contribution in [0.4, 0.5) is 5.69 Å². The number of allylic oxidation sites excluding steroid dienone is 1. The number of fused-ring (bicyclic) bond motifs is 1. The Morgan fingerprint density at radius 3 is 2.21 bits per heavy atom. The Hall–Kier alpha value is -2.91. The molecule has 0 aliphatic heterocycles. The van der Waals surface area contributed by atoms with Crippen LogP contribution < -0.4 is 9.88 Å². The molecule has 0 bridgehead atoms. The average Bonchev–Trinajstić information content (AvgIpc) is 2.76. The molecule has 0 amide bonds. The standard InChI is InChI=1S/C24H17ClN2OSe/c25-20-10-12-21(13-11-20)26-24(29)22(23(28)18-7-2-1-3-8-18)27-15-14-17-6-4-5-9-19(17)16-27/h1-16H,(H-,26,28,29). The van der Waals surface area contributed by atoms with Crippen LogP contribution in [0.3, 0.4) is 0 Å².